The van der Waals surface area contributed by atoms with Gasteiger partial charge in [-0.3, -0.25) is 10.5 Å². The lowest BCUT2D eigenvalue weighted by Gasteiger charge is -2.15. The van der Waals surface area contributed by atoms with Gasteiger partial charge >= 0.3 is 5.97 Å². The molecule has 0 aromatic heterocycles. The fourth-order valence-electron chi connectivity index (χ4n) is 0.665. The normalized spacial score (nSPS) is 15.6. The molecule has 0 aromatic rings. The minimum atomic E-state index is -0.538. The summed E-state index contributed by atoms with van der Waals surface area (Å²) in [4.78, 5) is 10.9. The van der Waals surface area contributed by atoms with Crippen LogP contribution in [0.15, 0.2) is 0 Å². The van der Waals surface area contributed by atoms with Crippen LogP contribution in [0.3, 0.4) is 0 Å². The van der Waals surface area contributed by atoms with Crippen molar-refractivity contribution in [2.24, 2.45) is 17.4 Å². The molecule has 2 atom stereocenters. The van der Waals surface area contributed by atoms with Crippen LogP contribution < -0.4 is 11.5 Å². The van der Waals surface area contributed by atoms with E-state index < -0.39 is 12.0 Å². The maximum atomic E-state index is 10.9. The van der Waals surface area contributed by atoms with Crippen molar-refractivity contribution < 1.29 is 9.53 Å². The Morgan fingerprint density at radius 1 is 1.64 bits per heavy atom. The van der Waals surface area contributed by atoms with Crippen LogP contribution in [-0.2, 0) is 9.53 Å². The Labute approximate surface area is 66.9 Å². The van der Waals surface area contributed by atoms with E-state index in [9.17, 15) is 4.79 Å². The van der Waals surface area contributed by atoms with Crippen molar-refractivity contribution in [3.63, 3.8) is 0 Å². The summed E-state index contributed by atoms with van der Waals surface area (Å²) in [6, 6.07) is -0.538. The van der Waals surface area contributed by atoms with Crippen LogP contribution in [0, 0.1) is 5.92 Å². The average Bonchev–Trinajstić information content (AvgIpc) is 2.02. The number of carbonyl (C=O) groups excluding carboxylic acids is 1. The van der Waals surface area contributed by atoms with Crippen molar-refractivity contribution in [2.75, 3.05) is 6.73 Å². The minimum Gasteiger partial charge on any atom is -0.449 e. The Morgan fingerprint density at radius 2 is 2.18 bits per heavy atom. The van der Waals surface area contributed by atoms with E-state index in [1.54, 1.807) is 0 Å². The Hall–Kier alpha value is -0.610. The number of ether oxygens (including phenoxy) is 1. The molecule has 0 aliphatic carbocycles. The molecule has 0 aromatic carbocycles. The van der Waals surface area contributed by atoms with Crippen LogP contribution >= 0.6 is 0 Å². The lowest BCUT2D eigenvalue weighted by atomic mass is 10.0. The number of hydrogen-bond acceptors (Lipinski definition) is 4. The van der Waals surface area contributed by atoms with E-state index in [1.165, 1.54) is 0 Å². The summed E-state index contributed by atoms with van der Waals surface area (Å²) in [7, 11) is 0. The molecule has 11 heavy (non-hydrogen) atoms. The Kier molecular flexibility index (Phi) is 4.81. The minimum absolute atomic E-state index is 0.0943. The molecule has 0 fully saturated rings. The van der Waals surface area contributed by atoms with Crippen LogP contribution in [-0.4, -0.2) is 18.7 Å². The van der Waals surface area contributed by atoms with Gasteiger partial charge in [0.2, 0.25) is 0 Å². The molecule has 0 aliphatic heterocycles. The number of rotatable bonds is 4. The van der Waals surface area contributed by atoms with E-state index in [2.05, 4.69) is 4.74 Å². The van der Waals surface area contributed by atoms with Gasteiger partial charge in [-0.15, -0.1) is 0 Å². The zero-order valence-electron chi connectivity index (χ0n) is 7.04. The van der Waals surface area contributed by atoms with Gasteiger partial charge in [0.1, 0.15) is 12.8 Å². The maximum absolute atomic E-state index is 10.9. The molecule has 0 rings (SSSR count). The second-order valence-electron chi connectivity index (χ2n) is 2.54. The highest BCUT2D eigenvalue weighted by Gasteiger charge is 2.19. The van der Waals surface area contributed by atoms with E-state index in [4.69, 9.17) is 11.5 Å². The largest absolute Gasteiger partial charge is 0.449 e. The van der Waals surface area contributed by atoms with Crippen molar-refractivity contribution >= 4 is 5.97 Å². The fourth-order valence-corrected chi connectivity index (χ4v) is 0.665. The van der Waals surface area contributed by atoms with Crippen LogP contribution in [0.25, 0.3) is 0 Å². The van der Waals surface area contributed by atoms with E-state index in [0.29, 0.717) is 0 Å². The Morgan fingerprint density at radius 3 is 2.55 bits per heavy atom. The Bertz CT molecular complexity index is 128. The molecule has 4 heteroatoms. The molecular weight excluding hydrogens is 144 g/mol. The third-order valence-electron chi connectivity index (χ3n) is 1.75. The first-order valence-electron chi connectivity index (χ1n) is 3.75. The van der Waals surface area contributed by atoms with E-state index >= 15 is 0 Å². The van der Waals surface area contributed by atoms with Crippen LogP contribution in [0.5, 0.6) is 0 Å². The van der Waals surface area contributed by atoms with Crippen LogP contribution in [0.2, 0.25) is 0 Å². The zero-order chi connectivity index (χ0) is 8.85. The molecule has 0 amide bonds. The highest BCUT2D eigenvalue weighted by molar-refractivity contribution is 5.75. The third kappa shape index (κ3) is 3.34. The lowest BCUT2D eigenvalue weighted by Crippen LogP contribution is -2.38. The molecule has 0 heterocycles. The number of carbonyl (C=O) groups is 1. The average molecular weight is 160 g/mol. The SMILES string of the molecule is CC[C@H](C)[C@H](N)C(=O)OCN. The first kappa shape index (κ1) is 10.4. The van der Waals surface area contributed by atoms with Gasteiger partial charge in [0.15, 0.2) is 0 Å². The Balaban J connectivity index is 3.80. The number of esters is 1. The fraction of sp³-hybridized carbons (Fsp3) is 0.857. The molecule has 0 spiro atoms. The highest BCUT2D eigenvalue weighted by atomic mass is 16.5. The van der Waals surface area contributed by atoms with Crippen molar-refractivity contribution in [3.05, 3.63) is 0 Å². The number of nitrogens with two attached hydrogens (primary N) is 2. The van der Waals surface area contributed by atoms with Crippen molar-refractivity contribution in [1.29, 1.82) is 0 Å². The molecular formula is C7H16N2O2. The summed E-state index contributed by atoms with van der Waals surface area (Å²) in [6.07, 6.45) is 0.862. The van der Waals surface area contributed by atoms with Gasteiger partial charge in [0.25, 0.3) is 0 Å². The summed E-state index contributed by atoms with van der Waals surface area (Å²) in [5.74, 6) is -0.268. The van der Waals surface area contributed by atoms with Crippen LogP contribution in [0.1, 0.15) is 20.3 Å². The summed E-state index contributed by atoms with van der Waals surface area (Å²) in [5.41, 5.74) is 10.5. The first-order chi connectivity index (χ1) is 5.13. The van der Waals surface area contributed by atoms with Gasteiger partial charge in [-0.05, 0) is 5.92 Å². The van der Waals surface area contributed by atoms with Gasteiger partial charge in [-0.2, -0.15) is 0 Å². The summed E-state index contributed by atoms with van der Waals surface area (Å²) >= 11 is 0. The van der Waals surface area contributed by atoms with E-state index in [-0.39, 0.29) is 12.6 Å². The second kappa shape index (κ2) is 5.09. The number of hydrogen-bond donors (Lipinski definition) is 2. The second-order valence-corrected chi connectivity index (χ2v) is 2.54. The molecule has 4 nitrogen and oxygen atoms in total. The smallest absolute Gasteiger partial charge is 0.324 e. The molecule has 0 unspecified atom stereocenters. The van der Waals surface area contributed by atoms with Gasteiger partial charge in [-0.1, -0.05) is 20.3 Å². The molecule has 0 saturated carbocycles. The van der Waals surface area contributed by atoms with Gasteiger partial charge in [0, 0.05) is 0 Å². The van der Waals surface area contributed by atoms with Gasteiger partial charge < -0.3 is 10.5 Å². The summed E-state index contributed by atoms with van der Waals surface area (Å²) in [6.45, 7) is 3.78. The van der Waals surface area contributed by atoms with E-state index in [0.717, 1.165) is 6.42 Å². The summed E-state index contributed by atoms with van der Waals surface area (Å²) < 4.78 is 4.54. The van der Waals surface area contributed by atoms with Crippen molar-refractivity contribution in [2.45, 2.75) is 26.3 Å². The molecule has 0 bridgehead atoms. The molecule has 0 saturated heterocycles. The molecule has 4 N–H and O–H groups in total. The maximum Gasteiger partial charge on any atom is 0.324 e. The zero-order valence-corrected chi connectivity index (χ0v) is 7.04. The van der Waals surface area contributed by atoms with Crippen molar-refractivity contribution in [3.8, 4) is 0 Å². The standard InChI is InChI=1S/C7H16N2O2/c1-3-5(2)6(9)7(10)11-4-8/h5-6H,3-4,8-9H2,1-2H3/t5-,6-/m0/s1. The predicted molar refractivity (Wildman–Crippen MR) is 42.6 cm³/mol. The van der Waals surface area contributed by atoms with Crippen molar-refractivity contribution in [1.82, 2.24) is 0 Å². The van der Waals surface area contributed by atoms with E-state index in [1.807, 2.05) is 13.8 Å². The lowest BCUT2D eigenvalue weighted by molar-refractivity contribution is -0.146. The third-order valence-corrected chi connectivity index (χ3v) is 1.75. The molecule has 0 radical (unpaired) electrons. The van der Waals surface area contributed by atoms with Crippen LogP contribution in [0.4, 0.5) is 0 Å². The topological polar surface area (TPSA) is 78.3 Å². The first-order valence-corrected chi connectivity index (χ1v) is 3.75. The van der Waals surface area contributed by atoms with Gasteiger partial charge in [0.05, 0.1) is 0 Å². The molecule has 0 aliphatic rings. The van der Waals surface area contributed by atoms with Gasteiger partial charge in [-0.25, -0.2) is 0 Å². The highest BCUT2D eigenvalue weighted by Crippen LogP contribution is 2.05. The summed E-state index contributed by atoms with van der Waals surface area (Å²) in [5, 5.41) is 0. The molecule has 66 valence electrons. The quantitative estimate of drug-likeness (QED) is 0.441. The monoisotopic (exact) mass is 160 g/mol. The predicted octanol–water partition coefficient (Wildman–Crippen LogP) is -0.181.